The van der Waals surface area contributed by atoms with Crippen molar-refractivity contribution in [2.24, 2.45) is 0 Å². The molecule has 1 unspecified atom stereocenters. The molecule has 0 aromatic carbocycles. The van der Waals surface area contributed by atoms with E-state index in [0.717, 1.165) is 57.5 Å². The van der Waals surface area contributed by atoms with Gasteiger partial charge in [0.15, 0.2) is 17.8 Å². The highest BCUT2D eigenvalue weighted by molar-refractivity contribution is 5.91. The van der Waals surface area contributed by atoms with Crippen LogP contribution in [-0.4, -0.2) is 73.4 Å². The minimum absolute atomic E-state index is 0.235. The Morgan fingerprint density at radius 1 is 1.23 bits per heavy atom. The fraction of sp³-hybridized carbons (Fsp3) is 0.591. The van der Waals surface area contributed by atoms with Crippen molar-refractivity contribution in [3.8, 4) is 0 Å². The molecule has 2 fully saturated rings. The highest BCUT2D eigenvalue weighted by atomic mass is 16.8. The number of aromatic nitrogens is 2. The summed E-state index contributed by atoms with van der Waals surface area (Å²) < 4.78 is 5.39. The van der Waals surface area contributed by atoms with Gasteiger partial charge in [-0.25, -0.2) is 10.3 Å². The first kappa shape index (κ1) is 28.4. The van der Waals surface area contributed by atoms with Crippen molar-refractivity contribution in [3.63, 3.8) is 0 Å². The summed E-state index contributed by atoms with van der Waals surface area (Å²) >= 11 is 0. The topological polar surface area (TPSA) is 96.9 Å². The van der Waals surface area contributed by atoms with Crippen LogP contribution < -0.4 is 10.4 Å². The van der Waals surface area contributed by atoms with Gasteiger partial charge in [-0.15, -0.1) is 15.9 Å². The molecule has 0 bridgehead atoms. The van der Waals surface area contributed by atoms with E-state index in [0.29, 0.717) is 6.61 Å². The fourth-order valence-corrected chi connectivity index (χ4v) is 2.63. The number of hydrogen-bond donors (Lipinski definition) is 1. The minimum atomic E-state index is -0.406. The van der Waals surface area contributed by atoms with Crippen molar-refractivity contribution in [1.29, 1.82) is 0 Å². The Hall–Kier alpha value is -2.58. The van der Waals surface area contributed by atoms with Gasteiger partial charge in [0, 0.05) is 39.2 Å². The third kappa shape index (κ3) is 12.0. The predicted octanol–water partition coefficient (Wildman–Crippen LogP) is 2.61. The number of aldehydes is 1. The molecule has 1 aromatic heterocycles. The van der Waals surface area contributed by atoms with Gasteiger partial charge in [0.05, 0.1) is 0 Å². The van der Waals surface area contributed by atoms with Crippen LogP contribution in [0, 0.1) is 0 Å². The van der Waals surface area contributed by atoms with Crippen molar-refractivity contribution < 1.29 is 19.2 Å². The molecule has 0 radical (unpaired) electrons. The minimum Gasteiger partial charge on any atom is -0.353 e. The summed E-state index contributed by atoms with van der Waals surface area (Å²) in [4.78, 5) is 30.5. The molecule has 3 heterocycles. The van der Waals surface area contributed by atoms with Crippen LogP contribution in [-0.2, 0) is 14.4 Å². The Bertz CT molecular complexity index is 634. The summed E-state index contributed by atoms with van der Waals surface area (Å²) in [6.07, 6.45) is 3.24. The molecule has 1 N–H and O–H groups in total. The highest BCUT2D eigenvalue weighted by Crippen LogP contribution is 2.14. The highest BCUT2D eigenvalue weighted by Gasteiger charge is 2.18. The number of hydrogen-bond acceptors (Lipinski definition) is 8. The SMILES string of the molecule is C=C=C.CC.CC=O.CN1CCN(c2ccc(C(=O)NOC3CCCCO3)nn2)CC1. The van der Waals surface area contributed by atoms with E-state index >= 15 is 0 Å². The number of nitrogens with one attached hydrogen (secondary N) is 1. The van der Waals surface area contributed by atoms with Gasteiger partial charge in [-0.3, -0.25) is 4.79 Å². The largest absolute Gasteiger partial charge is 0.353 e. The number of anilines is 1. The summed E-state index contributed by atoms with van der Waals surface area (Å²) in [5.41, 5.74) is 4.87. The van der Waals surface area contributed by atoms with Gasteiger partial charge in [0.1, 0.15) is 6.29 Å². The molecule has 1 aromatic rings. The van der Waals surface area contributed by atoms with Crippen LogP contribution in [0.15, 0.2) is 31.0 Å². The summed E-state index contributed by atoms with van der Waals surface area (Å²) in [7, 11) is 2.10. The normalized spacial score (nSPS) is 17.8. The van der Waals surface area contributed by atoms with E-state index in [1.54, 1.807) is 6.07 Å². The number of rotatable bonds is 4. The zero-order chi connectivity index (χ0) is 23.5. The number of hydroxylamine groups is 1. The molecule has 174 valence electrons. The van der Waals surface area contributed by atoms with Crippen molar-refractivity contribution in [2.45, 2.75) is 46.3 Å². The summed E-state index contributed by atoms with van der Waals surface area (Å²) in [6, 6.07) is 3.49. The van der Waals surface area contributed by atoms with Gasteiger partial charge in [-0.2, -0.15) is 0 Å². The molecule has 2 aliphatic rings. The molecule has 0 aliphatic carbocycles. The van der Waals surface area contributed by atoms with E-state index in [1.807, 2.05) is 19.9 Å². The number of piperazine rings is 1. The molecule has 1 amide bonds. The van der Waals surface area contributed by atoms with Crippen LogP contribution in [0.3, 0.4) is 0 Å². The first-order valence-corrected chi connectivity index (χ1v) is 10.6. The van der Waals surface area contributed by atoms with Crippen molar-refractivity contribution in [3.05, 3.63) is 36.7 Å². The van der Waals surface area contributed by atoms with Gasteiger partial charge in [-0.05, 0) is 38.9 Å². The maximum Gasteiger partial charge on any atom is 0.295 e. The van der Waals surface area contributed by atoms with E-state index in [9.17, 15) is 4.79 Å². The van der Waals surface area contributed by atoms with E-state index < -0.39 is 5.91 Å². The number of carbonyl (C=O) groups is 2. The first-order chi connectivity index (χ1) is 15.0. The average molecular weight is 436 g/mol. The first-order valence-electron chi connectivity index (χ1n) is 10.6. The standard InChI is InChI=1S/C15H23N5O3.C3H4.C2H4O.C2H6/c1-19-7-9-20(10-8-19)13-6-5-12(16-17-13)15(21)18-23-14-4-2-3-11-22-14;1-3-2;1-2-3;1-2/h5-6,14H,2-4,7-11H2,1H3,(H,18,21);1-2H2;2H,1H3;1-2H3. The lowest BCUT2D eigenvalue weighted by Crippen LogP contribution is -2.45. The Kier molecular flexibility index (Phi) is 16.7. The van der Waals surface area contributed by atoms with Gasteiger partial charge < -0.3 is 19.3 Å². The van der Waals surface area contributed by atoms with Crippen LogP contribution >= 0.6 is 0 Å². The van der Waals surface area contributed by atoms with Gasteiger partial charge in [-0.1, -0.05) is 27.0 Å². The number of likely N-dealkylation sites (N-methyl/N-ethyl adjacent to an activating group) is 1. The monoisotopic (exact) mass is 435 g/mol. The summed E-state index contributed by atoms with van der Waals surface area (Å²) in [6.45, 7) is 16.2. The Labute approximate surface area is 186 Å². The van der Waals surface area contributed by atoms with Crippen LogP contribution in [0.2, 0.25) is 0 Å². The second kappa shape index (κ2) is 18.2. The Balaban J connectivity index is 0.000000991. The zero-order valence-electron chi connectivity index (χ0n) is 19.3. The fourth-order valence-electron chi connectivity index (χ4n) is 2.63. The van der Waals surface area contributed by atoms with E-state index in [4.69, 9.17) is 14.4 Å². The zero-order valence-corrected chi connectivity index (χ0v) is 19.3. The Morgan fingerprint density at radius 3 is 2.32 bits per heavy atom. The number of ether oxygens (including phenoxy) is 1. The molecule has 9 nitrogen and oxygen atoms in total. The second-order valence-corrected chi connectivity index (χ2v) is 6.40. The van der Waals surface area contributed by atoms with Gasteiger partial charge in [0.2, 0.25) is 0 Å². The molecule has 2 aliphatic heterocycles. The van der Waals surface area contributed by atoms with Crippen LogP contribution in [0.5, 0.6) is 0 Å². The molecule has 0 spiro atoms. The average Bonchev–Trinajstić information content (AvgIpc) is 2.81. The quantitative estimate of drug-likeness (QED) is 0.438. The van der Waals surface area contributed by atoms with E-state index in [1.165, 1.54) is 6.92 Å². The maximum absolute atomic E-state index is 12.0. The van der Waals surface area contributed by atoms with Crippen LogP contribution in [0.4, 0.5) is 5.82 Å². The molecular formula is C22H37N5O4. The molecule has 2 saturated heterocycles. The molecule has 31 heavy (non-hydrogen) atoms. The van der Waals surface area contributed by atoms with Crippen LogP contribution in [0.25, 0.3) is 0 Å². The van der Waals surface area contributed by atoms with Crippen LogP contribution in [0.1, 0.15) is 50.5 Å². The number of carbonyl (C=O) groups excluding carboxylic acids is 2. The molecule has 9 heteroatoms. The number of nitrogens with zero attached hydrogens (tertiary/aromatic N) is 4. The maximum atomic E-state index is 12.0. The van der Waals surface area contributed by atoms with Gasteiger partial charge >= 0.3 is 0 Å². The second-order valence-electron chi connectivity index (χ2n) is 6.40. The van der Waals surface area contributed by atoms with Crippen molar-refractivity contribution in [2.75, 3.05) is 44.7 Å². The smallest absolute Gasteiger partial charge is 0.295 e. The summed E-state index contributed by atoms with van der Waals surface area (Å²) in [5, 5.41) is 8.15. The molecular weight excluding hydrogens is 398 g/mol. The third-order valence-electron chi connectivity index (χ3n) is 4.13. The van der Waals surface area contributed by atoms with Crippen molar-refractivity contribution in [1.82, 2.24) is 20.6 Å². The molecule has 3 rings (SSSR count). The van der Waals surface area contributed by atoms with E-state index in [2.05, 4.69) is 51.4 Å². The lowest BCUT2D eigenvalue weighted by atomic mass is 10.2. The predicted molar refractivity (Wildman–Crippen MR) is 122 cm³/mol. The summed E-state index contributed by atoms with van der Waals surface area (Å²) in [5.74, 6) is 0.391. The van der Waals surface area contributed by atoms with E-state index in [-0.39, 0.29) is 12.0 Å². The molecule has 0 saturated carbocycles. The third-order valence-corrected chi connectivity index (χ3v) is 4.13. The number of amides is 1. The lowest BCUT2D eigenvalue weighted by Gasteiger charge is -2.32. The Morgan fingerprint density at radius 2 is 1.84 bits per heavy atom. The van der Waals surface area contributed by atoms with Crippen molar-refractivity contribution >= 4 is 18.0 Å². The lowest BCUT2D eigenvalue weighted by molar-refractivity contribution is -0.186. The van der Waals surface area contributed by atoms with Gasteiger partial charge in [0.25, 0.3) is 5.91 Å². The molecule has 1 atom stereocenters.